The van der Waals surface area contributed by atoms with Crippen molar-refractivity contribution in [3.63, 3.8) is 0 Å². The molecule has 0 spiro atoms. The van der Waals surface area contributed by atoms with Crippen LogP contribution in [-0.4, -0.2) is 18.9 Å². The first-order valence-corrected chi connectivity index (χ1v) is 17.1. The topological polar surface area (TPSA) is 0 Å². The van der Waals surface area contributed by atoms with Crippen LogP contribution in [0.5, 0.6) is 0 Å². The van der Waals surface area contributed by atoms with Crippen molar-refractivity contribution in [2.24, 2.45) is 0 Å². The molecule has 0 aliphatic heterocycles. The van der Waals surface area contributed by atoms with E-state index in [0.717, 1.165) is 0 Å². The zero-order valence-corrected chi connectivity index (χ0v) is 12.5. The van der Waals surface area contributed by atoms with Crippen LogP contribution in [0.15, 0.2) is 0 Å². The van der Waals surface area contributed by atoms with Gasteiger partial charge in [0.25, 0.3) is 0 Å². The second kappa shape index (κ2) is 4.07. The van der Waals surface area contributed by atoms with E-state index in [2.05, 4.69) is 0 Å². The summed E-state index contributed by atoms with van der Waals surface area (Å²) in [6.07, 6.45) is 0. The summed E-state index contributed by atoms with van der Waals surface area (Å²) in [6, 6.07) is 0. The van der Waals surface area contributed by atoms with E-state index in [1.54, 1.807) is 6.55 Å². The lowest BCUT2D eigenvalue weighted by atomic mass is 11.9. The highest BCUT2D eigenvalue weighted by molar-refractivity contribution is 8.06. The fourth-order valence-corrected chi connectivity index (χ4v) is 45.1. The zero-order valence-electron chi connectivity index (χ0n) is 4.85. The van der Waals surface area contributed by atoms with Crippen molar-refractivity contribution in [3.8, 4) is 0 Å². The summed E-state index contributed by atoms with van der Waals surface area (Å²) in [7, 11) is -1.71. The van der Waals surface area contributed by atoms with Crippen molar-refractivity contribution in [3.05, 3.63) is 0 Å². The molecule has 0 fully saturated rings. The Morgan fingerprint density at radius 3 is 1.00 bits per heavy atom. The lowest BCUT2D eigenvalue weighted by Crippen LogP contribution is -2.48. The first-order chi connectivity index (χ1) is 4.15. The van der Waals surface area contributed by atoms with Crippen LogP contribution < -0.4 is 0 Å². The van der Waals surface area contributed by atoms with Gasteiger partial charge in [-0.25, -0.2) is 0 Å². The van der Waals surface area contributed by atoms with Crippen LogP contribution >= 0.6 is 66.5 Å². The molecule has 0 aromatic heterocycles. The standard InChI is InChI=1S/CH4Cl6Si3/c1-8(9(2,3)4)10(5,6)7/h8H,1H3. The summed E-state index contributed by atoms with van der Waals surface area (Å²) in [4.78, 5) is 0. The first kappa shape index (κ1) is 12.4. The van der Waals surface area contributed by atoms with E-state index < -0.39 is 18.9 Å². The van der Waals surface area contributed by atoms with Gasteiger partial charge in [-0.3, -0.25) is 0 Å². The maximum atomic E-state index is 5.68. The zero-order chi connectivity index (χ0) is 8.58. The largest absolute Gasteiger partial charge is 0.322 e. The third-order valence-electron chi connectivity index (χ3n) is 0.982. The van der Waals surface area contributed by atoms with Gasteiger partial charge in [0.1, 0.15) is 7.83 Å². The van der Waals surface area contributed by atoms with Crippen molar-refractivity contribution in [2.75, 3.05) is 0 Å². The minimum absolute atomic E-state index is 1.71. The van der Waals surface area contributed by atoms with Crippen molar-refractivity contribution < 1.29 is 0 Å². The molecule has 0 aromatic carbocycles. The van der Waals surface area contributed by atoms with Crippen LogP contribution in [-0.2, 0) is 0 Å². The van der Waals surface area contributed by atoms with Gasteiger partial charge in [-0.15, -0.1) is 66.5 Å². The molecular formula is CH4Cl6Si3. The molecule has 0 atom stereocenters. The van der Waals surface area contributed by atoms with Gasteiger partial charge in [-0.05, 0) is 0 Å². The van der Waals surface area contributed by atoms with Crippen LogP contribution in [0, 0.1) is 0 Å². The van der Waals surface area contributed by atoms with Crippen LogP contribution in [0.4, 0.5) is 0 Å². The molecule has 0 aliphatic carbocycles. The molecule has 0 saturated carbocycles. The molecule has 0 bridgehead atoms. The average molecular weight is 313 g/mol. The Bertz CT molecular complexity index is 97.1. The van der Waals surface area contributed by atoms with Gasteiger partial charge in [0.15, 0.2) is 0 Å². The molecule has 0 heterocycles. The molecule has 0 N–H and O–H groups in total. The summed E-state index contributed by atoms with van der Waals surface area (Å²) in [5, 5.41) is 0. The lowest BCUT2D eigenvalue weighted by Gasteiger charge is -2.20. The highest BCUT2D eigenvalue weighted by atomic mass is 35.9. The fraction of sp³-hybridized carbons (Fsp3) is 1.00. The number of hydrogen-bond acceptors (Lipinski definition) is 0. The Morgan fingerprint density at radius 2 is 1.00 bits per heavy atom. The van der Waals surface area contributed by atoms with Crippen LogP contribution in [0.1, 0.15) is 0 Å². The van der Waals surface area contributed by atoms with Gasteiger partial charge in [-0.1, -0.05) is 6.55 Å². The maximum absolute atomic E-state index is 5.68. The maximum Gasteiger partial charge on any atom is 0.322 e. The molecule has 0 amide bonds. The summed E-state index contributed by atoms with van der Waals surface area (Å²) in [5.41, 5.74) is -5.35. The van der Waals surface area contributed by atoms with Gasteiger partial charge >= 0.3 is 11.0 Å². The van der Waals surface area contributed by atoms with Crippen LogP contribution in [0.3, 0.4) is 0 Å². The monoisotopic (exact) mass is 310 g/mol. The van der Waals surface area contributed by atoms with E-state index in [0.29, 0.717) is 0 Å². The van der Waals surface area contributed by atoms with Crippen molar-refractivity contribution in [1.29, 1.82) is 0 Å². The molecular weight excluding hydrogens is 309 g/mol. The summed E-state index contributed by atoms with van der Waals surface area (Å²) < 4.78 is 0. The van der Waals surface area contributed by atoms with Gasteiger partial charge in [-0.2, -0.15) is 0 Å². The highest BCUT2D eigenvalue weighted by Gasteiger charge is 2.49. The van der Waals surface area contributed by atoms with Crippen LogP contribution in [0.25, 0.3) is 0 Å². The molecule has 0 unspecified atom stereocenters. The molecule has 0 saturated heterocycles. The highest BCUT2D eigenvalue weighted by Crippen LogP contribution is 2.34. The predicted octanol–water partition coefficient (Wildman–Crippen LogP) is 3.31. The number of rotatable bonds is 2. The molecule has 62 valence electrons. The molecule has 10 heavy (non-hydrogen) atoms. The molecule has 0 rings (SSSR count). The Balaban J connectivity index is 4.23. The van der Waals surface area contributed by atoms with Crippen molar-refractivity contribution in [1.82, 2.24) is 0 Å². The number of halogens is 6. The Morgan fingerprint density at radius 1 is 0.800 bits per heavy atom. The second-order valence-corrected chi connectivity index (χ2v) is 38.3. The summed E-state index contributed by atoms with van der Waals surface area (Å²) in [5.74, 6) is 0. The van der Waals surface area contributed by atoms with E-state index in [1.165, 1.54) is 0 Å². The van der Waals surface area contributed by atoms with Gasteiger partial charge in [0.2, 0.25) is 0 Å². The minimum atomic E-state index is -2.67. The normalized spacial score (nSPS) is 14.4. The molecule has 0 nitrogen and oxygen atoms in total. The smallest absolute Gasteiger partial charge is 0.130 e. The summed E-state index contributed by atoms with van der Waals surface area (Å²) >= 11 is 34.1. The Kier molecular flexibility index (Phi) is 5.04. The first-order valence-electron chi connectivity index (χ1n) is 2.29. The van der Waals surface area contributed by atoms with Gasteiger partial charge < -0.3 is 0 Å². The van der Waals surface area contributed by atoms with E-state index in [9.17, 15) is 0 Å². The molecule has 0 aromatic rings. The minimum Gasteiger partial charge on any atom is -0.130 e. The quantitative estimate of drug-likeness (QED) is 0.542. The van der Waals surface area contributed by atoms with E-state index >= 15 is 0 Å². The third kappa shape index (κ3) is 4.42. The number of hydrogen-bond donors (Lipinski definition) is 0. The fourth-order valence-electron chi connectivity index (χ4n) is 0.186. The van der Waals surface area contributed by atoms with E-state index in [4.69, 9.17) is 66.5 Å². The summed E-state index contributed by atoms with van der Waals surface area (Å²) in [6.45, 7) is 1.80. The molecule has 0 radical (unpaired) electrons. The molecule has 9 heteroatoms. The van der Waals surface area contributed by atoms with Crippen molar-refractivity contribution >= 4 is 85.3 Å². The lowest BCUT2D eigenvalue weighted by molar-refractivity contribution is 2.32. The SMILES string of the molecule is C[SiH]([Si](Cl)(Cl)Cl)[Si](Cl)(Cl)Cl. The Labute approximate surface area is 91.1 Å². The Hall–Kier alpha value is 2.39. The van der Waals surface area contributed by atoms with E-state index in [1.807, 2.05) is 0 Å². The van der Waals surface area contributed by atoms with E-state index in [-0.39, 0.29) is 0 Å². The van der Waals surface area contributed by atoms with Crippen molar-refractivity contribution in [2.45, 2.75) is 6.55 Å². The average Bonchev–Trinajstić information content (AvgIpc) is 1.59. The van der Waals surface area contributed by atoms with Gasteiger partial charge in [0, 0.05) is 0 Å². The van der Waals surface area contributed by atoms with Crippen LogP contribution in [0.2, 0.25) is 6.55 Å². The third-order valence-corrected chi connectivity index (χ3v) is 44.2. The van der Waals surface area contributed by atoms with Gasteiger partial charge in [0.05, 0.1) is 0 Å². The predicted molar refractivity (Wildman–Crippen MR) is 59.6 cm³/mol. The second-order valence-electron chi connectivity index (χ2n) is 1.80. The molecule has 0 aliphatic rings.